The lowest BCUT2D eigenvalue weighted by Gasteiger charge is -2.38. The number of carboxylic acid groups (broad SMARTS) is 1. The minimum absolute atomic E-state index is 0.145. The molecule has 1 heterocycles. The molecule has 1 fully saturated rings. The largest absolute Gasteiger partial charge is 0.480 e. The molecule has 21 heavy (non-hydrogen) atoms. The molecule has 1 N–H and O–H groups in total. The second-order valence-corrected chi connectivity index (χ2v) is 5.83. The maximum Gasteiger partial charge on any atom is 0.317 e. The summed E-state index contributed by atoms with van der Waals surface area (Å²) >= 11 is 0. The predicted molar refractivity (Wildman–Crippen MR) is 84.2 cm³/mol. The zero-order valence-corrected chi connectivity index (χ0v) is 12.9. The first-order valence-electron chi connectivity index (χ1n) is 7.91. The van der Waals surface area contributed by atoms with Crippen LogP contribution in [0.5, 0.6) is 0 Å². The molecule has 2 rings (SSSR count). The normalized spacial score (nSPS) is 19.8. The van der Waals surface area contributed by atoms with Crippen molar-refractivity contribution in [1.29, 1.82) is 0 Å². The summed E-state index contributed by atoms with van der Waals surface area (Å²) in [6.07, 6.45) is 3.66. The van der Waals surface area contributed by atoms with Gasteiger partial charge in [-0.05, 0) is 31.5 Å². The van der Waals surface area contributed by atoms with E-state index in [2.05, 4.69) is 29.2 Å². The molecule has 0 saturated carbocycles. The molecule has 4 nitrogen and oxygen atoms in total. The second-order valence-electron chi connectivity index (χ2n) is 5.83. The van der Waals surface area contributed by atoms with Gasteiger partial charge < -0.3 is 5.11 Å². The van der Waals surface area contributed by atoms with Crippen molar-refractivity contribution in [1.82, 2.24) is 9.80 Å². The molecule has 1 aromatic rings. The summed E-state index contributed by atoms with van der Waals surface area (Å²) in [5.74, 6) is -0.734. The molecule has 1 aliphatic rings. The van der Waals surface area contributed by atoms with Gasteiger partial charge in [-0.2, -0.15) is 0 Å². The second kappa shape index (κ2) is 8.15. The number of carboxylic acids is 1. The van der Waals surface area contributed by atoms with Crippen LogP contribution in [0.3, 0.4) is 0 Å². The number of rotatable bonds is 7. The van der Waals surface area contributed by atoms with E-state index in [1.165, 1.54) is 24.8 Å². The van der Waals surface area contributed by atoms with E-state index in [1.807, 2.05) is 17.9 Å². The van der Waals surface area contributed by atoms with Gasteiger partial charge in [0.15, 0.2) is 0 Å². The molecule has 0 radical (unpaired) electrons. The minimum Gasteiger partial charge on any atom is -0.480 e. The first-order chi connectivity index (χ1) is 10.2. The highest BCUT2D eigenvalue weighted by Gasteiger charge is 2.24. The Morgan fingerprint density at radius 3 is 2.76 bits per heavy atom. The minimum atomic E-state index is -0.734. The molecular formula is C17H26N2O2. The summed E-state index contributed by atoms with van der Waals surface area (Å²) in [5, 5.41) is 8.99. The highest BCUT2D eigenvalue weighted by atomic mass is 16.4. The summed E-state index contributed by atoms with van der Waals surface area (Å²) in [6, 6.07) is 11.0. The molecule has 0 aliphatic carbocycles. The molecular weight excluding hydrogens is 264 g/mol. The van der Waals surface area contributed by atoms with E-state index < -0.39 is 5.97 Å². The fourth-order valence-corrected chi connectivity index (χ4v) is 3.09. The Labute approximate surface area is 127 Å². The van der Waals surface area contributed by atoms with Crippen molar-refractivity contribution >= 4 is 5.97 Å². The molecule has 1 atom stereocenters. The molecule has 1 saturated heterocycles. The number of nitrogens with zero attached hydrogens (tertiary/aromatic N) is 2. The van der Waals surface area contributed by atoms with E-state index in [9.17, 15) is 4.79 Å². The van der Waals surface area contributed by atoms with E-state index in [0.717, 1.165) is 26.2 Å². The van der Waals surface area contributed by atoms with Gasteiger partial charge in [0, 0.05) is 19.1 Å². The number of carbonyl (C=O) groups is 1. The molecule has 0 amide bonds. The maximum absolute atomic E-state index is 10.9. The van der Waals surface area contributed by atoms with Crippen molar-refractivity contribution in [2.45, 2.75) is 38.8 Å². The fourth-order valence-electron chi connectivity index (χ4n) is 3.09. The van der Waals surface area contributed by atoms with Gasteiger partial charge in [-0.1, -0.05) is 43.7 Å². The molecule has 116 valence electrons. The number of benzene rings is 1. The topological polar surface area (TPSA) is 43.8 Å². The summed E-state index contributed by atoms with van der Waals surface area (Å²) in [6.45, 7) is 5.91. The van der Waals surface area contributed by atoms with Crippen LogP contribution >= 0.6 is 0 Å². The average molecular weight is 290 g/mol. The van der Waals surface area contributed by atoms with Crippen LogP contribution < -0.4 is 0 Å². The molecule has 0 spiro atoms. The van der Waals surface area contributed by atoms with Crippen LogP contribution in [0.2, 0.25) is 0 Å². The Kier molecular flexibility index (Phi) is 6.21. The molecule has 1 aromatic carbocycles. The predicted octanol–water partition coefficient (Wildman–Crippen LogP) is 2.45. The summed E-state index contributed by atoms with van der Waals surface area (Å²) in [7, 11) is 0. The summed E-state index contributed by atoms with van der Waals surface area (Å²) in [5.41, 5.74) is 1.34. The molecule has 4 heteroatoms. The quantitative estimate of drug-likeness (QED) is 0.838. The van der Waals surface area contributed by atoms with Crippen molar-refractivity contribution in [2.75, 3.05) is 26.2 Å². The number of likely N-dealkylation sites (N-methyl/N-ethyl adjacent to an activating group) is 1. The third-order valence-corrected chi connectivity index (χ3v) is 4.25. The molecule has 0 unspecified atom stereocenters. The average Bonchev–Trinajstić information content (AvgIpc) is 2.49. The summed E-state index contributed by atoms with van der Waals surface area (Å²) in [4.78, 5) is 15.5. The maximum atomic E-state index is 10.9. The molecule has 1 aliphatic heterocycles. The highest BCUT2D eigenvalue weighted by molar-refractivity contribution is 5.69. The summed E-state index contributed by atoms with van der Waals surface area (Å²) < 4.78 is 0. The first kappa shape index (κ1) is 16.0. The lowest BCUT2D eigenvalue weighted by molar-refractivity contribution is -0.138. The smallest absolute Gasteiger partial charge is 0.317 e. The van der Waals surface area contributed by atoms with E-state index in [0.29, 0.717) is 6.04 Å². The van der Waals surface area contributed by atoms with E-state index in [4.69, 9.17) is 5.11 Å². The van der Waals surface area contributed by atoms with Gasteiger partial charge in [-0.3, -0.25) is 14.6 Å². The van der Waals surface area contributed by atoms with Gasteiger partial charge >= 0.3 is 5.97 Å². The third kappa shape index (κ3) is 5.14. The van der Waals surface area contributed by atoms with Crippen LogP contribution in [0.4, 0.5) is 0 Å². The van der Waals surface area contributed by atoms with Crippen LogP contribution in [-0.2, 0) is 11.3 Å². The Bertz CT molecular complexity index is 436. The number of piperidine rings is 1. The molecule has 0 aromatic heterocycles. The van der Waals surface area contributed by atoms with Crippen LogP contribution in [0.25, 0.3) is 0 Å². The van der Waals surface area contributed by atoms with Crippen molar-refractivity contribution in [2.24, 2.45) is 0 Å². The SMILES string of the molecule is CCN(CC(=O)O)C[C@@H]1CCCCN1Cc1ccccc1. The van der Waals surface area contributed by atoms with Crippen LogP contribution in [-0.4, -0.2) is 53.1 Å². The number of hydrogen-bond donors (Lipinski definition) is 1. The van der Waals surface area contributed by atoms with Gasteiger partial charge in [-0.15, -0.1) is 0 Å². The first-order valence-corrected chi connectivity index (χ1v) is 7.91. The Balaban J connectivity index is 1.96. The lowest BCUT2D eigenvalue weighted by atomic mass is 10.0. The van der Waals surface area contributed by atoms with E-state index in [-0.39, 0.29) is 6.54 Å². The number of hydrogen-bond acceptors (Lipinski definition) is 3. The monoisotopic (exact) mass is 290 g/mol. The zero-order valence-electron chi connectivity index (χ0n) is 12.9. The molecule has 0 bridgehead atoms. The van der Waals surface area contributed by atoms with Gasteiger partial charge in [0.1, 0.15) is 0 Å². The van der Waals surface area contributed by atoms with Crippen molar-refractivity contribution in [3.8, 4) is 0 Å². The lowest BCUT2D eigenvalue weighted by Crippen LogP contribution is -2.47. The van der Waals surface area contributed by atoms with Crippen molar-refractivity contribution in [3.05, 3.63) is 35.9 Å². The standard InChI is InChI=1S/C17H26N2O2/c1-2-18(14-17(20)21)13-16-10-6-7-11-19(16)12-15-8-4-3-5-9-15/h3-5,8-9,16H,2,6-7,10-14H2,1H3,(H,20,21)/t16-/m0/s1. The van der Waals surface area contributed by atoms with E-state index >= 15 is 0 Å². The van der Waals surface area contributed by atoms with Crippen LogP contribution in [0.15, 0.2) is 30.3 Å². The van der Waals surface area contributed by atoms with Gasteiger partial charge in [0.2, 0.25) is 0 Å². The highest BCUT2D eigenvalue weighted by Crippen LogP contribution is 2.20. The van der Waals surface area contributed by atoms with Gasteiger partial charge in [0.05, 0.1) is 6.54 Å². The van der Waals surface area contributed by atoms with Gasteiger partial charge in [0.25, 0.3) is 0 Å². The number of aliphatic carboxylic acids is 1. The van der Waals surface area contributed by atoms with Crippen molar-refractivity contribution in [3.63, 3.8) is 0 Å². The van der Waals surface area contributed by atoms with Crippen LogP contribution in [0, 0.1) is 0 Å². The van der Waals surface area contributed by atoms with Crippen LogP contribution in [0.1, 0.15) is 31.7 Å². The Morgan fingerprint density at radius 2 is 2.10 bits per heavy atom. The fraction of sp³-hybridized carbons (Fsp3) is 0.588. The number of likely N-dealkylation sites (tertiary alicyclic amines) is 1. The Morgan fingerprint density at radius 1 is 1.33 bits per heavy atom. The van der Waals surface area contributed by atoms with Crippen molar-refractivity contribution < 1.29 is 9.90 Å². The zero-order chi connectivity index (χ0) is 15.1. The third-order valence-electron chi connectivity index (χ3n) is 4.25. The van der Waals surface area contributed by atoms with Gasteiger partial charge in [-0.25, -0.2) is 0 Å². The Hall–Kier alpha value is -1.39. The van der Waals surface area contributed by atoms with E-state index in [1.54, 1.807) is 0 Å².